The molecule has 0 fully saturated rings. The van der Waals surface area contributed by atoms with E-state index in [4.69, 9.17) is 14.2 Å². The van der Waals surface area contributed by atoms with Gasteiger partial charge in [0.2, 0.25) is 5.91 Å². The summed E-state index contributed by atoms with van der Waals surface area (Å²) in [5.74, 6) is 0.494. The summed E-state index contributed by atoms with van der Waals surface area (Å²) in [5, 5.41) is 10.7. The summed E-state index contributed by atoms with van der Waals surface area (Å²) >= 11 is 0. The lowest BCUT2D eigenvalue weighted by Gasteiger charge is -2.34. The number of hydrogen-bond acceptors (Lipinski definition) is 7. The molecule has 1 aliphatic rings. The van der Waals surface area contributed by atoms with Crippen LogP contribution in [0, 0.1) is 0 Å². The Morgan fingerprint density at radius 2 is 1.77 bits per heavy atom. The second kappa shape index (κ2) is 9.15. The number of rotatable bonds is 6. The molecule has 0 aromatic heterocycles. The molecule has 1 aliphatic heterocycles. The number of para-hydroxylation sites is 1. The van der Waals surface area contributed by atoms with Gasteiger partial charge in [-0.25, -0.2) is 4.79 Å². The molecular weight excluding hydrogens is 388 g/mol. The first-order valence-electron chi connectivity index (χ1n) is 9.49. The van der Waals surface area contributed by atoms with Crippen LogP contribution in [0.25, 0.3) is 0 Å². The topological polar surface area (TPSA) is 88.5 Å². The molecule has 0 spiro atoms. The highest BCUT2D eigenvalue weighted by Gasteiger charge is 2.31. The summed E-state index contributed by atoms with van der Waals surface area (Å²) < 4.78 is 15.6. The van der Waals surface area contributed by atoms with Crippen LogP contribution in [0.1, 0.15) is 27.6 Å². The largest absolute Gasteiger partial charge is 0.496 e. The van der Waals surface area contributed by atoms with E-state index in [1.807, 2.05) is 4.90 Å². The number of fused-ring (bicyclic) bond motifs is 1. The minimum absolute atomic E-state index is 0.0584. The van der Waals surface area contributed by atoms with Crippen LogP contribution in [0.5, 0.6) is 11.5 Å². The Hall–Kier alpha value is -3.10. The SMILES string of the molecule is COC(=O)c1ccccc1N(C)C(=O)CN1Cc2c(OC)ccc(OC)c2[C@@H](O)C1. The van der Waals surface area contributed by atoms with Gasteiger partial charge in [-0.2, -0.15) is 0 Å². The minimum atomic E-state index is -0.820. The smallest absolute Gasteiger partial charge is 0.339 e. The summed E-state index contributed by atoms with van der Waals surface area (Å²) in [5.41, 5.74) is 2.25. The van der Waals surface area contributed by atoms with Crippen molar-refractivity contribution in [1.29, 1.82) is 0 Å². The third-order valence-corrected chi connectivity index (χ3v) is 5.26. The molecule has 160 valence electrons. The molecule has 0 bridgehead atoms. The fourth-order valence-electron chi connectivity index (χ4n) is 3.75. The zero-order valence-corrected chi connectivity index (χ0v) is 17.5. The number of benzene rings is 2. The van der Waals surface area contributed by atoms with Gasteiger partial charge in [0, 0.05) is 31.3 Å². The molecule has 1 amide bonds. The molecule has 0 aliphatic carbocycles. The highest BCUT2D eigenvalue weighted by Crippen LogP contribution is 2.39. The van der Waals surface area contributed by atoms with Crippen molar-refractivity contribution in [3.05, 3.63) is 53.1 Å². The molecule has 30 heavy (non-hydrogen) atoms. The molecule has 2 aromatic carbocycles. The lowest BCUT2D eigenvalue weighted by molar-refractivity contribution is -0.120. The number of carbonyl (C=O) groups is 2. The highest BCUT2D eigenvalue weighted by molar-refractivity contribution is 6.02. The summed E-state index contributed by atoms with van der Waals surface area (Å²) in [6.45, 7) is 0.753. The van der Waals surface area contributed by atoms with E-state index in [9.17, 15) is 14.7 Å². The summed E-state index contributed by atoms with van der Waals surface area (Å²) in [7, 11) is 6.03. The molecule has 8 heteroatoms. The predicted molar refractivity (Wildman–Crippen MR) is 111 cm³/mol. The van der Waals surface area contributed by atoms with Crippen LogP contribution in [-0.4, -0.2) is 63.3 Å². The highest BCUT2D eigenvalue weighted by atomic mass is 16.5. The van der Waals surface area contributed by atoms with Crippen molar-refractivity contribution in [2.24, 2.45) is 0 Å². The maximum absolute atomic E-state index is 13.0. The fraction of sp³-hybridized carbons (Fsp3) is 0.364. The van der Waals surface area contributed by atoms with Crippen molar-refractivity contribution in [2.45, 2.75) is 12.6 Å². The van der Waals surface area contributed by atoms with Crippen LogP contribution < -0.4 is 14.4 Å². The molecule has 0 saturated carbocycles. The summed E-state index contributed by atoms with van der Waals surface area (Å²) in [6.07, 6.45) is -0.820. The van der Waals surface area contributed by atoms with Gasteiger partial charge in [0.15, 0.2) is 0 Å². The molecule has 3 rings (SSSR count). The Bertz CT molecular complexity index is 945. The number of amides is 1. The Labute approximate surface area is 175 Å². The van der Waals surface area contributed by atoms with Crippen molar-refractivity contribution in [1.82, 2.24) is 4.90 Å². The third-order valence-electron chi connectivity index (χ3n) is 5.26. The second-order valence-corrected chi connectivity index (χ2v) is 7.01. The van der Waals surface area contributed by atoms with Gasteiger partial charge in [-0.05, 0) is 24.3 Å². The molecule has 2 aromatic rings. The van der Waals surface area contributed by atoms with E-state index < -0.39 is 12.1 Å². The van der Waals surface area contributed by atoms with Gasteiger partial charge in [0.1, 0.15) is 11.5 Å². The number of likely N-dealkylation sites (N-methyl/N-ethyl adjacent to an activating group) is 1. The maximum atomic E-state index is 13.0. The normalized spacial score (nSPS) is 15.8. The number of esters is 1. The number of methoxy groups -OCH3 is 3. The summed E-state index contributed by atoms with van der Waals surface area (Å²) in [4.78, 5) is 28.3. The van der Waals surface area contributed by atoms with Crippen LogP contribution in [0.3, 0.4) is 0 Å². The van der Waals surface area contributed by atoms with E-state index in [2.05, 4.69) is 0 Å². The van der Waals surface area contributed by atoms with Crippen LogP contribution in [0.4, 0.5) is 5.69 Å². The van der Waals surface area contributed by atoms with E-state index in [0.717, 1.165) is 5.56 Å². The van der Waals surface area contributed by atoms with Crippen LogP contribution >= 0.6 is 0 Å². The van der Waals surface area contributed by atoms with Gasteiger partial charge in [-0.1, -0.05) is 12.1 Å². The first-order chi connectivity index (χ1) is 14.4. The lowest BCUT2D eigenvalue weighted by atomic mass is 9.95. The van der Waals surface area contributed by atoms with Gasteiger partial charge >= 0.3 is 5.97 Å². The van der Waals surface area contributed by atoms with Crippen molar-refractivity contribution in [3.8, 4) is 11.5 Å². The first-order valence-corrected chi connectivity index (χ1v) is 9.49. The quantitative estimate of drug-likeness (QED) is 0.724. The zero-order valence-electron chi connectivity index (χ0n) is 17.5. The second-order valence-electron chi connectivity index (χ2n) is 7.01. The van der Waals surface area contributed by atoms with E-state index in [1.54, 1.807) is 57.7 Å². The zero-order chi connectivity index (χ0) is 21.8. The van der Waals surface area contributed by atoms with E-state index in [-0.39, 0.29) is 19.0 Å². The van der Waals surface area contributed by atoms with Crippen molar-refractivity contribution < 1.29 is 28.9 Å². The molecule has 0 unspecified atom stereocenters. The first kappa shape index (κ1) is 21.6. The average molecular weight is 414 g/mol. The van der Waals surface area contributed by atoms with Gasteiger partial charge in [-0.15, -0.1) is 0 Å². The Balaban J connectivity index is 1.82. The maximum Gasteiger partial charge on any atom is 0.339 e. The summed E-state index contributed by atoms with van der Waals surface area (Å²) in [6, 6.07) is 10.3. The Morgan fingerprint density at radius 1 is 1.10 bits per heavy atom. The molecule has 1 N–H and O–H groups in total. The lowest BCUT2D eigenvalue weighted by Crippen LogP contribution is -2.42. The van der Waals surface area contributed by atoms with E-state index in [1.165, 1.54) is 12.0 Å². The molecule has 1 atom stereocenters. The molecular formula is C22H26N2O6. The van der Waals surface area contributed by atoms with Gasteiger partial charge in [0.25, 0.3) is 0 Å². The number of anilines is 1. The third kappa shape index (κ3) is 4.10. The van der Waals surface area contributed by atoms with E-state index in [0.29, 0.717) is 34.9 Å². The predicted octanol–water partition coefficient (Wildman–Crippen LogP) is 2.00. The number of ether oxygens (including phenoxy) is 3. The average Bonchev–Trinajstić information content (AvgIpc) is 2.77. The monoisotopic (exact) mass is 414 g/mol. The fourth-order valence-corrected chi connectivity index (χ4v) is 3.75. The van der Waals surface area contributed by atoms with Gasteiger partial charge in [0.05, 0.1) is 45.2 Å². The molecule has 8 nitrogen and oxygen atoms in total. The number of hydrogen-bond donors (Lipinski definition) is 1. The van der Waals surface area contributed by atoms with Crippen molar-refractivity contribution >= 4 is 17.6 Å². The van der Waals surface area contributed by atoms with Gasteiger partial charge < -0.3 is 24.2 Å². The number of nitrogens with zero attached hydrogens (tertiary/aromatic N) is 2. The van der Waals surface area contributed by atoms with Crippen LogP contribution in [0.15, 0.2) is 36.4 Å². The number of aliphatic hydroxyl groups excluding tert-OH is 1. The Kier molecular flexibility index (Phi) is 6.59. The number of carbonyl (C=O) groups excluding carboxylic acids is 2. The number of β-amino-alcohol motifs (C(OH)–C–C–N with tert-alkyl or cyclic N) is 1. The molecule has 0 radical (unpaired) electrons. The standard InChI is InChI=1S/C22H26N2O6/c1-23(16-8-6-5-7-14(16)22(27)30-4)20(26)13-24-11-15-18(28-2)9-10-19(29-3)21(15)17(25)12-24/h5-10,17,25H,11-13H2,1-4H3/t17-/m0/s1. The number of aliphatic hydroxyl groups is 1. The Morgan fingerprint density at radius 3 is 2.43 bits per heavy atom. The van der Waals surface area contributed by atoms with Crippen LogP contribution in [-0.2, 0) is 16.1 Å². The van der Waals surface area contributed by atoms with Gasteiger partial charge in [-0.3, -0.25) is 9.69 Å². The van der Waals surface area contributed by atoms with Crippen LogP contribution in [0.2, 0.25) is 0 Å². The van der Waals surface area contributed by atoms with Crippen molar-refractivity contribution in [2.75, 3.05) is 46.4 Å². The minimum Gasteiger partial charge on any atom is -0.496 e. The molecule has 1 heterocycles. The van der Waals surface area contributed by atoms with E-state index >= 15 is 0 Å². The molecule has 0 saturated heterocycles. The van der Waals surface area contributed by atoms with Crippen molar-refractivity contribution in [3.63, 3.8) is 0 Å².